The number of nitro benzene ring substituents is 1. The van der Waals surface area contributed by atoms with E-state index in [2.05, 4.69) is 0 Å². The summed E-state index contributed by atoms with van der Waals surface area (Å²) in [5.41, 5.74) is 3.63. The summed E-state index contributed by atoms with van der Waals surface area (Å²) in [5.74, 6) is 0. The van der Waals surface area contributed by atoms with Crippen molar-refractivity contribution in [3.8, 4) is 0 Å². The van der Waals surface area contributed by atoms with E-state index in [9.17, 15) is 20.3 Å². The van der Waals surface area contributed by atoms with Crippen molar-refractivity contribution in [1.29, 1.82) is 0 Å². The first-order valence-corrected chi connectivity index (χ1v) is 7.43. The number of nitro groups is 1. The Morgan fingerprint density at radius 1 is 1.00 bits per heavy atom. The standard InChI is InChI=1S/C18H20N2O4/c1-19(2)17-7-5-13(9-15(17)11-21)3-4-14-6-8-18(20(23)24)16(10-14)12-22/h3-10,21-22H,11-12H2,1-2H3/b4-3+. The minimum atomic E-state index is -0.507. The highest BCUT2D eigenvalue weighted by atomic mass is 16.6. The van der Waals surface area contributed by atoms with E-state index in [0.29, 0.717) is 0 Å². The smallest absolute Gasteiger partial charge is 0.274 e. The molecule has 0 bridgehead atoms. The summed E-state index contributed by atoms with van der Waals surface area (Å²) in [7, 11) is 3.83. The summed E-state index contributed by atoms with van der Waals surface area (Å²) in [6.45, 7) is -0.439. The van der Waals surface area contributed by atoms with Crippen LogP contribution in [-0.2, 0) is 13.2 Å². The Bertz CT molecular complexity index is 770. The highest BCUT2D eigenvalue weighted by Gasteiger charge is 2.12. The molecule has 0 saturated carbocycles. The van der Waals surface area contributed by atoms with E-state index in [1.165, 1.54) is 6.07 Å². The molecule has 6 nitrogen and oxygen atoms in total. The van der Waals surface area contributed by atoms with Gasteiger partial charge in [-0.15, -0.1) is 0 Å². The van der Waals surface area contributed by atoms with Crippen molar-refractivity contribution in [3.63, 3.8) is 0 Å². The Balaban J connectivity index is 2.29. The minimum absolute atomic E-state index is 0.0542. The van der Waals surface area contributed by atoms with E-state index in [1.54, 1.807) is 12.1 Å². The fourth-order valence-electron chi connectivity index (χ4n) is 2.48. The van der Waals surface area contributed by atoms with E-state index in [-0.39, 0.29) is 24.5 Å². The predicted octanol–water partition coefficient (Wildman–Crippen LogP) is 2.82. The van der Waals surface area contributed by atoms with Crippen LogP contribution in [0.3, 0.4) is 0 Å². The van der Waals surface area contributed by atoms with Gasteiger partial charge in [-0.3, -0.25) is 10.1 Å². The fourth-order valence-corrected chi connectivity index (χ4v) is 2.48. The van der Waals surface area contributed by atoms with Gasteiger partial charge in [0.15, 0.2) is 0 Å². The molecule has 0 aliphatic rings. The molecule has 0 aromatic heterocycles. The topological polar surface area (TPSA) is 86.8 Å². The van der Waals surface area contributed by atoms with Gasteiger partial charge >= 0.3 is 0 Å². The fraction of sp³-hybridized carbons (Fsp3) is 0.222. The monoisotopic (exact) mass is 328 g/mol. The van der Waals surface area contributed by atoms with Gasteiger partial charge in [0, 0.05) is 31.4 Å². The Morgan fingerprint density at radius 2 is 1.54 bits per heavy atom. The zero-order chi connectivity index (χ0) is 17.7. The van der Waals surface area contributed by atoms with E-state index in [4.69, 9.17) is 0 Å². The molecule has 2 aromatic carbocycles. The second kappa shape index (κ2) is 7.72. The van der Waals surface area contributed by atoms with Crippen molar-refractivity contribution in [3.05, 3.63) is 68.8 Å². The first-order valence-electron chi connectivity index (χ1n) is 7.43. The molecule has 0 aliphatic heterocycles. The van der Waals surface area contributed by atoms with Crippen LogP contribution >= 0.6 is 0 Å². The van der Waals surface area contributed by atoms with Gasteiger partial charge in [0.2, 0.25) is 0 Å². The molecule has 0 aliphatic carbocycles. The third-order valence-corrected chi connectivity index (χ3v) is 3.69. The lowest BCUT2D eigenvalue weighted by Gasteiger charge is -2.16. The highest BCUT2D eigenvalue weighted by molar-refractivity contribution is 5.72. The maximum absolute atomic E-state index is 10.9. The molecule has 0 radical (unpaired) electrons. The van der Waals surface area contributed by atoms with Crippen molar-refractivity contribution in [2.75, 3.05) is 19.0 Å². The number of rotatable bonds is 6. The zero-order valence-electron chi connectivity index (χ0n) is 13.6. The SMILES string of the molecule is CN(C)c1ccc(/C=C/c2ccc([N+](=O)[O-])c(CO)c2)cc1CO. The molecule has 0 amide bonds. The molecule has 24 heavy (non-hydrogen) atoms. The molecule has 2 rings (SSSR count). The Morgan fingerprint density at radius 3 is 2.04 bits per heavy atom. The van der Waals surface area contributed by atoms with Crippen LogP contribution < -0.4 is 4.90 Å². The lowest BCUT2D eigenvalue weighted by atomic mass is 10.1. The Kier molecular flexibility index (Phi) is 5.68. The van der Waals surface area contributed by atoms with Gasteiger partial charge in [0.05, 0.1) is 23.7 Å². The third-order valence-electron chi connectivity index (χ3n) is 3.69. The molecule has 0 heterocycles. The minimum Gasteiger partial charge on any atom is -0.392 e. The third kappa shape index (κ3) is 3.98. The molecule has 0 atom stereocenters. The number of aliphatic hydroxyl groups excluding tert-OH is 2. The van der Waals surface area contributed by atoms with Crippen LogP contribution in [0.2, 0.25) is 0 Å². The normalized spacial score (nSPS) is 11.0. The summed E-state index contributed by atoms with van der Waals surface area (Å²) in [6, 6.07) is 10.4. The molecule has 0 unspecified atom stereocenters. The first kappa shape index (κ1) is 17.7. The van der Waals surface area contributed by atoms with Crippen LogP contribution in [0.4, 0.5) is 11.4 Å². The Labute approximate surface area is 140 Å². The molecule has 2 N–H and O–H groups in total. The number of hydrogen-bond acceptors (Lipinski definition) is 5. The quantitative estimate of drug-likeness (QED) is 0.484. The summed E-state index contributed by atoms with van der Waals surface area (Å²) < 4.78 is 0. The van der Waals surface area contributed by atoms with Crippen molar-refractivity contribution in [2.45, 2.75) is 13.2 Å². The molecular weight excluding hydrogens is 308 g/mol. The van der Waals surface area contributed by atoms with Crippen LogP contribution in [0.15, 0.2) is 36.4 Å². The van der Waals surface area contributed by atoms with Gasteiger partial charge in [-0.25, -0.2) is 0 Å². The molecule has 2 aromatic rings. The number of benzene rings is 2. The summed E-state index contributed by atoms with van der Waals surface area (Å²) in [6.07, 6.45) is 3.68. The van der Waals surface area contributed by atoms with Gasteiger partial charge in [0.1, 0.15) is 0 Å². The van der Waals surface area contributed by atoms with Crippen LogP contribution in [0.5, 0.6) is 0 Å². The summed E-state index contributed by atoms with van der Waals surface area (Å²) >= 11 is 0. The lowest BCUT2D eigenvalue weighted by molar-refractivity contribution is -0.385. The summed E-state index contributed by atoms with van der Waals surface area (Å²) in [4.78, 5) is 12.3. The molecule has 6 heteroatoms. The van der Waals surface area contributed by atoms with Crippen LogP contribution in [0.25, 0.3) is 12.2 Å². The van der Waals surface area contributed by atoms with Crippen LogP contribution in [0.1, 0.15) is 22.3 Å². The Hall–Kier alpha value is -2.70. The largest absolute Gasteiger partial charge is 0.392 e. The maximum Gasteiger partial charge on any atom is 0.274 e. The molecule has 0 spiro atoms. The van der Waals surface area contributed by atoms with Gasteiger partial charge in [-0.2, -0.15) is 0 Å². The van der Waals surface area contributed by atoms with Gasteiger partial charge < -0.3 is 15.1 Å². The molecule has 0 saturated heterocycles. The number of anilines is 1. The first-order chi connectivity index (χ1) is 11.5. The van der Waals surface area contributed by atoms with Gasteiger partial charge in [0.25, 0.3) is 5.69 Å². The van der Waals surface area contributed by atoms with Crippen molar-refractivity contribution in [1.82, 2.24) is 0 Å². The highest BCUT2D eigenvalue weighted by Crippen LogP contribution is 2.23. The van der Waals surface area contributed by atoms with Gasteiger partial charge in [-0.1, -0.05) is 18.2 Å². The van der Waals surface area contributed by atoms with Crippen LogP contribution in [-0.4, -0.2) is 29.2 Å². The predicted molar refractivity (Wildman–Crippen MR) is 94.6 cm³/mol. The lowest BCUT2D eigenvalue weighted by Crippen LogP contribution is -2.11. The molecular formula is C18H20N2O4. The average Bonchev–Trinajstić information content (AvgIpc) is 2.58. The van der Waals surface area contributed by atoms with E-state index < -0.39 is 4.92 Å². The number of nitrogens with zero attached hydrogens (tertiary/aromatic N) is 2. The number of hydrogen-bond donors (Lipinski definition) is 2. The van der Waals surface area contributed by atoms with E-state index in [0.717, 1.165) is 22.4 Å². The van der Waals surface area contributed by atoms with Crippen molar-refractivity contribution >= 4 is 23.5 Å². The second-order valence-electron chi connectivity index (χ2n) is 5.58. The van der Waals surface area contributed by atoms with E-state index in [1.807, 2.05) is 49.3 Å². The average molecular weight is 328 g/mol. The summed E-state index contributed by atoms with van der Waals surface area (Å²) in [5, 5.41) is 29.6. The maximum atomic E-state index is 10.9. The van der Waals surface area contributed by atoms with Gasteiger partial charge in [-0.05, 0) is 35.4 Å². The van der Waals surface area contributed by atoms with Crippen molar-refractivity contribution in [2.24, 2.45) is 0 Å². The number of aliphatic hydroxyl groups is 2. The van der Waals surface area contributed by atoms with E-state index >= 15 is 0 Å². The second-order valence-corrected chi connectivity index (χ2v) is 5.58. The molecule has 126 valence electrons. The van der Waals surface area contributed by atoms with Crippen molar-refractivity contribution < 1.29 is 15.1 Å². The zero-order valence-corrected chi connectivity index (χ0v) is 13.6. The molecule has 0 fully saturated rings. The van der Waals surface area contributed by atoms with Crippen LogP contribution in [0, 0.1) is 10.1 Å².